The molecule has 1 atom stereocenters. The molecule has 0 aliphatic carbocycles. The Labute approximate surface area is 138 Å². The molecule has 0 saturated carbocycles. The first kappa shape index (κ1) is 16.1. The second-order valence-electron chi connectivity index (χ2n) is 5.53. The Kier molecular flexibility index (Phi) is 4.72. The number of hydrogen-bond acceptors (Lipinski definition) is 6. The lowest BCUT2D eigenvalue weighted by Gasteiger charge is -2.09. The normalized spacial score (nSPS) is 19.6. The highest BCUT2D eigenvalue weighted by Crippen LogP contribution is 2.22. The van der Waals surface area contributed by atoms with Gasteiger partial charge in [0.15, 0.2) is 9.84 Å². The van der Waals surface area contributed by atoms with Gasteiger partial charge in [0.05, 0.1) is 22.9 Å². The summed E-state index contributed by atoms with van der Waals surface area (Å²) < 4.78 is 22.7. The van der Waals surface area contributed by atoms with E-state index in [9.17, 15) is 13.2 Å². The van der Waals surface area contributed by atoms with Crippen molar-refractivity contribution in [2.24, 2.45) is 0 Å². The Hall–Kier alpha value is -1.80. The van der Waals surface area contributed by atoms with Crippen LogP contribution in [0.25, 0.3) is 10.7 Å². The highest BCUT2D eigenvalue weighted by Gasteiger charge is 2.28. The molecule has 1 aliphatic rings. The summed E-state index contributed by atoms with van der Waals surface area (Å²) in [6.45, 7) is 0. The molecule has 6 nitrogen and oxygen atoms in total. The second-order valence-corrected chi connectivity index (χ2v) is 8.61. The van der Waals surface area contributed by atoms with Crippen LogP contribution in [0.2, 0.25) is 0 Å². The standard InChI is InChI=1S/C15H17N3O3S2/c19-14(17-12-6-8-23(20,21)10-12)5-4-11-9-22-15(18-11)13-3-1-2-7-16-13/h1-3,7,9,12H,4-6,8,10H2,(H,17,19). The minimum Gasteiger partial charge on any atom is -0.352 e. The monoisotopic (exact) mass is 351 g/mol. The third-order valence-corrected chi connectivity index (χ3v) is 6.32. The highest BCUT2D eigenvalue weighted by atomic mass is 32.2. The molecule has 122 valence electrons. The fourth-order valence-electron chi connectivity index (χ4n) is 2.48. The number of nitrogens with zero attached hydrogens (tertiary/aromatic N) is 2. The molecule has 1 saturated heterocycles. The van der Waals surface area contributed by atoms with Gasteiger partial charge in [-0.3, -0.25) is 9.78 Å². The molecule has 1 amide bonds. The van der Waals surface area contributed by atoms with Gasteiger partial charge >= 0.3 is 0 Å². The number of sulfone groups is 1. The SMILES string of the molecule is O=C(CCc1csc(-c2ccccn2)n1)NC1CCS(=O)(=O)C1. The van der Waals surface area contributed by atoms with Crippen molar-refractivity contribution in [1.82, 2.24) is 15.3 Å². The van der Waals surface area contributed by atoms with Crippen LogP contribution in [0.1, 0.15) is 18.5 Å². The van der Waals surface area contributed by atoms with Crippen molar-refractivity contribution in [3.05, 3.63) is 35.5 Å². The van der Waals surface area contributed by atoms with E-state index in [2.05, 4.69) is 15.3 Å². The van der Waals surface area contributed by atoms with E-state index in [-0.39, 0.29) is 23.5 Å². The maximum absolute atomic E-state index is 11.9. The van der Waals surface area contributed by atoms with Crippen LogP contribution in [-0.2, 0) is 21.1 Å². The summed E-state index contributed by atoms with van der Waals surface area (Å²) in [5.41, 5.74) is 1.68. The quantitative estimate of drug-likeness (QED) is 0.880. The molecule has 0 bridgehead atoms. The van der Waals surface area contributed by atoms with Gasteiger partial charge in [0.2, 0.25) is 5.91 Å². The van der Waals surface area contributed by atoms with Gasteiger partial charge in [-0.25, -0.2) is 13.4 Å². The van der Waals surface area contributed by atoms with Crippen molar-refractivity contribution < 1.29 is 13.2 Å². The first-order valence-corrected chi connectivity index (χ1v) is 10.1. The van der Waals surface area contributed by atoms with Crippen molar-refractivity contribution in [2.75, 3.05) is 11.5 Å². The summed E-state index contributed by atoms with van der Waals surface area (Å²) in [6, 6.07) is 5.42. The Balaban J connectivity index is 1.51. The van der Waals surface area contributed by atoms with Crippen LogP contribution in [-0.4, -0.2) is 41.8 Å². The number of thiazole rings is 1. The molecule has 0 spiro atoms. The zero-order valence-electron chi connectivity index (χ0n) is 12.4. The number of aromatic nitrogens is 2. The van der Waals surface area contributed by atoms with Crippen molar-refractivity contribution in [3.63, 3.8) is 0 Å². The van der Waals surface area contributed by atoms with Gasteiger partial charge in [0.25, 0.3) is 0 Å². The number of hydrogen-bond donors (Lipinski definition) is 1. The Bertz CT molecular complexity index is 787. The number of carbonyl (C=O) groups excluding carboxylic acids is 1. The van der Waals surface area contributed by atoms with Crippen LogP contribution >= 0.6 is 11.3 Å². The zero-order chi connectivity index (χ0) is 16.3. The lowest BCUT2D eigenvalue weighted by Crippen LogP contribution is -2.35. The molecule has 23 heavy (non-hydrogen) atoms. The van der Waals surface area contributed by atoms with Crippen LogP contribution in [0.4, 0.5) is 0 Å². The molecule has 2 aromatic rings. The minimum atomic E-state index is -2.97. The number of carbonyl (C=O) groups is 1. The lowest BCUT2D eigenvalue weighted by atomic mass is 10.2. The molecule has 0 radical (unpaired) electrons. The third-order valence-electron chi connectivity index (χ3n) is 3.64. The Morgan fingerprint density at radius 3 is 2.96 bits per heavy atom. The van der Waals surface area contributed by atoms with Crippen LogP contribution in [0.15, 0.2) is 29.8 Å². The van der Waals surface area contributed by atoms with Gasteiger partial charge in [-0.1, -0.05) is 6.07 Å². The average molecular weight is 351 g/mol. The van der Waals surface area contributed by atoms with Crippen LogP contribution in [0, 0.1) is 0 Å². The van der Waals surface area contributed by atoms with Gasteiger partial charge in [-0.05, 0) is 25.0 Å². The van der Waals surface area contributed by atoms with E-state index < -0.39 is 9.84 Å². The van der Waals surface area contributed by atoms with Crippen molar-refractivity contribution in [3.8, 4) is 10.7 Å². The van der Waals surface area contributed by atoms with Gasteiger partial charge in [-0.15, -0.1) is 11.3 Å². The molecule has 3 heterocycles. The molecule has 8 heteroatoms. The van der Waals surface area contributed by atoms with E-state index in [0.29, 0.717) is 19.3 Å². The fraction of sp³-hybridized carbons (Fsp3) is 0.400. The van der Waals surface area contributed by atoms with E-state index in [4.69, 9.17) is 0 Å². The molecule has 1 N–H and O–H groups in total. The highest BCUT2D eigenvalue weighted by molar-refractivity contribution is 7.91. The molecule has 1 fully saturated rings. The van der Waals surface area contributed by atoms with Crippen LogP contribution in [0.3, 0.4) is 0 Å². The van der Waals surface area contributed by atoms with Crippen LogP contribution in [0.5, 0.6) is 0 Å². The topological polar surface area (TPSA) is 89.0 Å². The maximum Gasteiger partial charge on any atom is 0.220 e. The van der Waals surface area contributed by atoms with Gasteiger partial charge in [0.1, 0.15) is 5.01 Å². The molecule has 3 rings (SSSR count). The van der Waals surface area contributed by atoms with Gasteiger partial charge in [-0.2, -0.15) is 0 Å². The third kappa shape index (κ3) is 4.35. The molecular weight excluding hydrogens is 334 g/mol. The first-order valence-electron chi connectivity index (χ1n) is 7.37. The largest absolute Gasteiger partial charge is 0.352 e. The van der Waals surface area contributed by atoms with Gasteiger partial charge in [0, 0.05) is 24.0 Å². The van der Waals surface area contributed by atoms with E-state index in [1.807, 2.05) is 23.6 Å². The number of aryl methyl sites for hydroxylation is 1. The summed E-state index contributed by atoms with van der Waals surface area (Å²) in [4.78, 5) is 20.7. The van der Waals surface area contributed by atoms with E-state index >= 15 is 0 Å². The second kappa shape index (κ2) is 6.76. The predicted octanol–water partition coefficient (Wildman–Crippen LogP) is 1.44. The zero-order valence-corrected chi connectivity index (χ0v) is 14.1. The van der Waals surface area contributed by atoms with Crippen molar-refractivity contribution in [1.29, 1.82) is 0 Å². The average Bonchev–Trinajstić information content (AvgIpc) is 3.13. The summed E-state index contributed by atoms with van der Waals surface area (Å²) in [5, 5.41) is 5.55. The molecule has 0 aromatic carbocycles. The molecular formula is C15H17N3O3S2. The number of rotatable bonds is 5. The van der Waals surface area contributed by atoms with Crippen LogP contribution < -0.4 is 5.32 Å². The van der Waals surface area contributed by atoms with E-state index in [1.54, 1.807) is 6.20 Å². The maximum atomic E-state index is 11.9. The fourth-order valence-corrected chi connectivity index (χ4v) is 4.98. The van der Waals surface area contributed by atoms with E-state index in [0.717, 1.165) is 16.4 Å². The summed E-state index contributed by atoms with van der Waals surface area (Å²) >= 11 is 1.50. The van der Waals surface area contributed by atoms with Crippen molar-refractivity contribution in [2.45, 2.75) is 25.3 Å². The van der Waals surface area contributed by atoms with E-state index in [1.165, 1.54) is 11.3 Å². The van der Waals surface area contributed by atoms with Gasteiger partial charge < -0.3 is 5.32 Å². The molecule has 2 aromatic heterocycles. The number of nitrogens with one attached hydrogen (secondary N) is 1. The predicted molar refractivity (Wildman–Crippen MR) is 88.9 cm³/mol. The number of pyridine rings is 1. The minimum absolute atomic E-state index is 0.0548. The molecule has 1 unspecified atom stereocenters. The Morgan fingerprint density at radius 1 is 1.39 bits per heavy atom. The lowest BCUT2D eigenvalue weighted by molar-refractivity contribution is -0.121. The van der Waals surface area contributed by atoms with Crippen molar-refractivity contribution >= 4 is 27.1 Å². The summed E-state index contributed by atoms with van der Waals surface area (Å²) in [5.74, 6) is 0.0935. The smallest absolute Gasteiger partial charge is 0.220 e. The first-order chi connectivity index (χ1) is 11.0. The molecule has 1 aliphatic heterocycles. The summed E-state index contributed by atoms with van der Waals surface area (Å²) in [6.07, 6.45) is 3.07. The Morgan fingerprint density at radius 2 is 2.26 bits per heavy atom. The summed E-state index contributed by atoms with van der Waals surface area (Å²) in [7, 11) is -2.97. The number of amides is 1.